The lowest BCUT2D eigenvalue weighted by Crippen LogP contribution is -2.22. The second-order valence-electron chi connectivity index (χ2n) is 11.8. The SMILES string of the molecule is CCCCC(CC)COC1c2cc(-c3ccc(C=O)s3)sc2C(OCC(CC)CCCC)c2cc(-c3ccc(C=O)s3)sc21. The van der Waals surface area contributed by atoms with Crippen molar-refractivity contribution in [2.75, 3.05) is 13.2 Å². The van der Waals surface area contributed by atoms with Gasteiger partial charge in [-0.3, -0.25) is 9.59 Å². The number of hydrogen-bond acceptors (Lipinski definition) is 8. The topological polar surface area (TPSA) is 52.6 Å². The van der Waals surface area contributed by atoms with Crippen molar-refractivity contribution in [1.29, 1.82) is 0 Å². The molecule has 4 heterocycles. The highest BCUT2D eigenvalue weighted by Crippen LogP contribution is 2.54. The molecule has 4 nitrogen and oxygen atoms in total. The largest absolute Gasteiger partial charge is 0.368 e. The van der Waals surface area contributed by atoms with Crippen LogP contribution >= 0.6 is 45.3 Å². The van der Waals surface area contributed by atoms with Gasteiger partial charge in [0.15, 0.2) is 12.6 Å². The summed E-state index contributed by atoms with van der Waals surface area (Å²) in [5, 5.41) is 0. The lowest BCUT2D eigenvalue weighted by Gasteiger charge is -2.31. The van der Waals surface area contributed by atoms with Gasteiger partial charge in [-0.15, -0.1) is 45.3 Å². The molecule has 4 unspecified atom stereocenters. The molecule has 8 heteroatoms. The van der Waals surface area contributed by atoms with Crippen LogP contribution in [0.3, 0.4) is 0 Å². The van der Waals surface area contributed by atoms with Crippen LogP contribution in [0.5, 0.6) is 0 Å². The predicted molar refractivity (Wildman–Crippen MR) is 188 cm³/mol. The number of hydrogen-bond donors (Lipinski definition) is 0. The monoisotopic (exact) mass is 668 g/mol. The number of unbranched alkanes of at least 4 members (excludes halogenated alkanes) is 2. The van der Waals surface area contributed by atoms with E-state index in [0.717, 1.165) is 67.9 Å². The van der Waals surface area contributed by atoms with Crippen molar-refractivity contribution < 1.29 is 19.1 Å². The van der Waals surface area contributed by atoms with Crippen LogP contribution in [0.15, 0.2) is 36.4 Å². The third-order valence-electron chi connectivity index (χ3n) is 8.68. The second kappa shape index (κ2) is 16.1. The standard InChI is InChI=1S/C36H44O4S4/c1-5-9-11-23(7-3)21-39-33-27-17-31(29-15-13-25(19-37)41-29)44-36(27)34(40-22-24(8-4)12-10-6-2)28-18-32(43-35(28)33)30-16-14-26(20-38)42-30/h13-20,23-24,33-34H,5-12,21-22H2,1-4H3. The van der Waals surface area contributed by atoms with E-state index in [-0.39, 0.29) is 12.2 Å². The molecular formula is C36H44O4S4. The Morgan fingerprint density at radius 2 is 1.07 bits per heavy atom. The molecule has 0 bridgehead atoms. The highest BCUT2D eigenvalue weighted by atomic mass is 32.1. The Bertz CT molecular complexity index is 1350. The van der Waals surface area contributed by atoms with E-state index in [9.17, 15) is 9.59 Å². The number of rotatable bonds is 18. The minimum atomic E-state index is -0.169. The summed E-state index contributed by atoms with van der Waals surface area (Å²) < 4.78 is 13.9. The molecule has 44 heavy (non-hydrogen) atoms. The van der Waals surface area contributed by atoms with Crippen LogP contribution in [-0.4, -0.2) is 25.8 Å². The van der Waals surface area contributed by atoms with Crippen LogP contribution < -0.4 is 0 Å². The number of fused-ring (bicyclic) bond motifs is 2. The fourth-order valence-electron chi connectivity index (χ4n) is 5.87. The molecule has 1 aliphatic rings. The van der Waals surface area contributed by atoms with E-state index in [0.29, 0.717) is 11.8 Å². The molecule has 0 aromatic carbocycles. The average molecular weight is 669 g/mol. The summed E-state index contributed by atoms with van der Waals surface area (Å²) in [7, 11) is 0. The Balaban J connectivity index is 1.57. The van der Waals surface area contributed by atoms with E-state index in [2.05, 4.69) is 52.0 Å². The van der Waals surface area contributed by atoms with Crippen molar-refractivity contribution in [2.45, 2.75) is 91.3 Å². The minimum Gasteiger partial charge on any atom is -0.368 e. The zero-order valence-electron chi connectivity index (χ0n) is 26.3. The van der Waals surface area contributed by atoms with Crippen molar-refractivity contribution in [3.63, 3.8) is 0 Å². The fraction of sp³-hybridized carbons (Fsp3) is 0.500. The Labute approximate surface area is 278 Å². The minimum absolute atomic E-state index is 0.169. The van der Waals surface area contributed by atoms with Crippen molar-refractivity contribution in [3.8, 4) is 19.5 Å². The van der Waals surface area contributed by atoms with E-state index in [1.54, 1.807) is 45.3 Å². The number of thiophene rings is 4. The van der Waals surface area contributed by atoms with Gasteiger partial charge in [0.2, 0.25) is 0 Å². The Morgan fingerprint density at radius 1 is 0.636 bits per heavy atom. The van der Waals surface area contributed by atoms with Gasteiger partial charge in [0.1, 0.15) is 12.2 Å². The van der Waals surface area contributed by atoms with E-state index >= 15 is 0 Å². The first-order valence-electron chi connectivity index (χ1n) is 16.1. The maximum absolute atomic E-state index is 11.5. The first-order valence-corrected chi connectivity index (χ1v) is 19.4. The van der Waals surface area contributed by atoms with Crippen molar-refractivity contribution in [1.82, 2.24) is 0 Å². The summed E-state index contributed by atoms with van der Waals surface area (Å²) in [6.45, 7) is 10.5. The molecule has 0 amide bonds. The third-order valence-corrected chi connectivity index (χ3v) is 13.5. The van der Waals surface area contributed by atoms with Crippen LogP contribution in [0.4, 0.5) is 0 Å². The molecule has 0 aliphatic heterocycles. The number of ether oxygens (including phenoxy) is 2. The first-order chi connectivity index (χ1) is 21.5. The lowest BCUT2D eigenvalue weighted by atomic mass is 9.92. The maximum Gasteiger partial charge on any atom is 0.160 e. The van der Waals surface area contributed by atoms with Crippen LogP contribution in [-0.2, 0) is 9.47 Å². The van der Waals surface area contributed by atoms with Crippen molar-refractivity contribution >= 4 is 57.9 Å². The quantitative estimate of drug-likeness (QED) is 0.0990. The molecule has 0 radical (unpaired) electrons. The first kappa shape index (κ1) is 33.4. The van der Waals surface area contributed by atoms with Gasteiger partial charge in [0.25, 0.3) is 0 Å². The molecule has 4 aromatic heterocycles. The molecule has 236 valence electrons. The van der Waals surface area contributed by atoms with Gasteiger partial charge in [0.05, 0.1) is 23.0 Å². The summed E-state index contributed by atoms with van der Waals surface area (Å²) in [5.41, 5.74) is 2.40. The van der Waals surface area contributed by atoms with E-state index < -0.39 is 0 Å². The smallest absolute Gasteiger partial charge is 0.160 e. The maximum atomic E-state index is 11.5. The Morgan fingerprint density at radius 3 is 1.41 bits per heavy atom. The van der Waals surface area contributed by atoms with Gasteiger partial charge in [-0.2, -0.15) is 0 Å². The van der Waals surface area contributed by atoms with Crippen LogP contribution in [0.2, 0.25) is 0 Å². The molecule has 4 atom stereocenters. The van der Waals surface area contributed by atoms with Crippen LogP contribution in [0.25, 0.3) is 19.5 Å². The van der Waals surface area contributed by atoms with Gasteiger partial charge in [-0.25, -0.2) is 0 Å². The van der Waals surface area contributed by atoms with E-state index in [1.807, 2.05) is 12.1 Å². The zero-order chi connectivity index (χ0) is 31.1. The highest BCUT2D eigenvalue weighted by Gasteiger charge is 2.39. The second-order valence-corrected chi connectivity index (χ2v) is 16.2. The fourth-order valence-corrected chi connectivity index (χ4v) is 10.2. The molecule has 0 spiro atoms. The normalized spacial score (nSPS) is 17.3. The molecule has 1 aliphatic carbocycles. The van der Waals surface area contributed by atoms with Crippen molar-refractivity contribution in [2.24, 2.45) is 11.8 Å². The Hall–Kier alpha value is -1.94. The van der Waals surface area contributed by atoms with Gasteiger partial charge in [0, 0.05) is 40.4 Å². The molecule has 0 saturated carbocycles. The average Bonchev–Trinajstić information content (AvgIpc) is 3.86. The molecule has 0 saturated heterocycles. The molecule has 5 rings (SSSR count). The van der Waals surface area contributed by atoms with Crippen LogP contribution in [0, 0.1) is 11.8 Å². The number of carbonyl (C=O) groups is 2. The van der Waals surface area contributed by atoms with Gasteiger partial charge < -0.3 is 9.47 Å². The molecule has 0 fully saturated rings. The number of aldehydes is 2. The predicted octanol–water partition coefficient (Wildman–Crippen LogP) is 11.8. The van der Waals surface area contributed by atoms with Gasteiger partial charge in [-0.1, -0.05) is 66.2 Å². The molecule has 0 N–H and O–H groups in total. The number of carbonyl (C=O) groups excluding carboxylic acids is 2. The lowest BCUT2D eigenvalue weighted by molar-refractivity contribution is 0.0249. The highest BCUT2D eigenvalue weighted by molar-refractivity contribution is 7.24. The summed E-state index contributed by atoms with van der Waals surface area (Å²) in [4.78, 5) is 31.4. The van der Waals surface area contributed by atoms with E-state index in [4.69, 9.17) is 9.47 Å². The van der Waals surface area contributed by atoms with E-state index in [1.165, 1.54) is 59.4 Å². The summed E-state index contributed by atoms with van der Waals surface area (Å²) in [5.74, 6) is 1.05. The summed E-state index contributed by atoms with van der Waals surface area (Å²) in [6, 6.07) is 12.5. The zero-order valence-corrected chi connectivity index (χ0v) is 29.5. The summed E-state index contributed by atoms with van der Waals surface area (Å²) in [6.07, 6.45) is 10.9. The Kier molecular flexibility index (Phi) is 12.2. The van der Waals surface area contributed by atoms with Gasteiger partial charge >= 0.3 is 0 Å². The molecule has 4 aromatic rings. The van der Waals surface area contributed by atoms with Crippen molar-refractivity contribution in [3.05, 3.63) is 67.0 Å². The third kappa shape index (κ3) is 7.54. The van der Waals surface area contributed by atoms with Crippen LogP contribution in [0.1, 0.15) is 131 Å². The molecular weight excluding hydrogens is 625 g/mol. The van der Waals surface area contributed by atoms with Gasteiger partial charge in [-0.05, 0) is 61.1 Å². The summed E-state index contributed by atoms with van der Waals surface area (Å²) >= 11 is 6.64.